The lowest BCUT2D eigenvalue weighted by Crippen LogP contribution is -2.61. The number of primary amides is 1. The van der Waals surface area contributed by atoms with Crippen molar-refractivity contribution in [2.45, 2.75) is 166 Å². The van der Waals surface area contributed by atoms with Crippen LogP contribution < -0.4 is 65.1 Å². The largest absolute Gasteiger partial charge is 0.508 e. The fourth-order valence-electron chi connectivity index (χ4n) is 9.04. The maximum atomic E-state index is 14.4. The van der Waals surface area contributed by atoms with Crippen molar-refractivity contribution in [3.05, 3.63) is 65.9 Å². The molecular weight excluding hydrogens is 1170 g/mol. The number of para-hydroxylation sites is 1. The first-order chi connectivity index (χ1) is 41.6. The minimum absolute atomic E-state index is 0.0319. The molecule has 0 fully saturated rings. The number of aliphatic carboxylic acids is 2. The van der Waals surface area contributed by atoms with Gasteiger partial charge in [-0.15, -0.1) is 0 Å². The number of aromatic hydroxyl groups is 1. The molecule has 486 valence electrons. The molecule has 0 aliphatic carbocycles. The Hall–Kier alpha value is -8.35. The highest BCUT2D eigenvalue weighted by Gasteiger charge is 2.37. The second kappa shape index (κ2) is 37.4. The molecule has 0 bridgehead atoms. The predicted octanol–water partition coefficient (Wildman–Crippen LogP) is -1.84. The van der Waals surface area contributed by atoms with Crippen LogP contribution in [0.2, 0.25) is 0 Å². The minimum Gasteiger partial charge on any atom is -0.508 e. The Morgan fingerprint density at radius 2 is 1.18 bits per heavy atom. The summed E-state index contributed by atoms with van der Waals surface area (Å²) in [5.41, 5.74) is 19.0. The number of aliphatic hydroxyl groups is 1. The summed E-state index contributed by atoms with van der Waals surface area (Å²) in [5, 5.41) is 62.5. The van der Waals surface area contributed by atoms with Gasteiger partial charge in [0.15, 0.2) is 0 Å². The Kier molecular flexibility index (Phi) is 31.4. The zero-order valence-electron chi connectivity index (χ0n) is 50.4. The predicted molar refractivity (Wildman–Crippen MR) is 325 cm³/mol. The van der Waals surface area contributed by atoms with Gasteiger partial charge in [0.2, 0.25) is 59.1 Å². The standard InChI is InChI=1S/C58H87N13O16S/c1-7-31(4)49(71-55(83)43(70-56(84)48(61)32(5)72)26-34-28-62-37-13-9-8-12-36(34)37)57(85)66-39(19-20-47(76)77)52(80)69-44(27-45(60)74)54(82)65-38(14-10-11-22-59)51(79)67-41(24-30(2)3)53(81)68-42(25-33-15-17-35(73)18-16-33)50(78)63-29-46(75)64-40(58(86)87)21-23-88-6/h8-9,12-13,15-18,28,30-32,38-44,48-49,62,72-73H,7,10-11,14,19-27,29,59,61H2,1-6H3,(H2,60,74)(H,63,78)(H,64,75)(H,65,82)(H,66,85)(H,67,79)(H,68,81)(H,69,80)(H,70,84)(H,71,83)(H,76,77)(H,86,87)/t31-,32+,38-,39-,40-,41-,42-,43-,44-,48-,49-/m0/s1. The molecule has 3 rings (SSSR count). The Morgan fingerprint density at radius 3 is 1.77 bits per heavy atom. The zero-order chi connectivity index (χ0) is 65.8. The van der Waals surface area contributed by atoms with Gasteiger partial charge in [-0.25, -0.2) is 4.79 Å². The summed E-state index contributed by atoms with van der Waals surface area (Å²) >= 11 is 1.37. The van der Waals surface area contributed by atoms with Crippen LogP contribution in [0.4, 0.5) is 0 Å². The van der Waals surface area contributed by atoms with Crippen LogP contribution in [-0.4, -0.2) is 182 Å². The lowest BCUT2D eigenvalue weighted by Gasteiger charge is -2.29. The van der Waals surface area contributed by atoms with Crippen molar-refractivity contribution >= 4 is 93.7 Å². The maximum absolute atomic E-state index is 14.4. The Balaban J connectivity index is 1.92. The number of benzene rings is 2. The molecule has 0 unspecified atom stereocenters. The number of aromatic nitrogens is 1. The quantitative estimate of drug-likeness (QED) is 0.0278. The fraction of sp³-hybridized carbons (Fsp3) is 0.552. The van der Waals surface area contributed by atoms with Crippen molar-refractivity contribution in [2.24, 2.45) is 29.0 Å². The second-order valence-electron chi connectivity index (χ2n) is 21.9. The number of H-pyrrole nitrogens is 1. The van der Waals surface area contributed by atoms with Crippen LogP contribution in [0, 0.1) is 11.8 Å². The summed E-state index contributed by atoms with van der Waals surface area (Å²) in [6.07, 6.45) is 0.388. The molecule has 29 nitrogen and oxygen atoms in total. The average Bonchev–Trinajstić information content (AvgIpc) is 2.32. The van der Waals surface area contributed by atoms with Gasteiger partial charge in [0.05, 0.1) is 19.1 Å². The summed E-state index contributed by atoms with van der Waals surface area (Å²) in [7, 11) is 0. The molecular formula is C58H87N13O16S. The van der Waals surface area contributed by atoms with E-state index in [2.05, 4.69) is 52.8 Å². The van der Waals surface area contributed by atoms with Crippen molar-refractivity contribution in [3.8, 4) is 5.75 Å². The number of nitrogens with two attached hydrogens (primary N) is 3. The van der Waals surface area contributed by atoms with Gasteiger partial charge in [0.1, 0.15) is 60.1 Å². The molecule has 1 aromatic heterocycles. The third-order valence-corrected chi connectivity index (χ3v) is 14.9. The first-order valence-corrected chi connectivity index (χ1v) is 30.4. The van der Waals surface area contributed by atoms with Gasteiger partial charge in [0, 0.05) is 36.4 Å². The summed E-state index contributed by atoms with van der Waals surface area (Å²) in [5.74, 6) is -13.0. The molecule has 0 saturated carbocycles. The van der Waals surface area contributed by atoms with Gasteiger partial charge in [-0.3, -0.25) is 52.7 Å². The molecule has 0 saturated heterocycles. The summed E-state index contributed by atoms with van der Waals surface area (Å²) in [6.45, 7) is 7.57. The first-order valence-electron chi connectivity index (χ1n) is 29.0. The lowest BCUT2D eigenvalue weighted by atomic mass is 9.96. The number of phenols is 1. The molecule has 30 heteroatoms. The zero-order valence-corrected chi connectivity index (χ0v) is 51.2. The Labute approximate surface area is 514 Å². The van der Waals surface area contributed by atoms with Crippen molar-refractivity contribution < 1.29 is 78.0 Å². The molecule has 20 N–H and O–H groups in total. The molecule has 0 spiro atoms. The average molecular weight is 1250 g/mol. The number of rotatable bonds is 40. The number of nitrogens with one attached hydrogen (secondary N) is 10. The number of amides is 10. The number of hydrogen-bond donors (Lipinski definition) is 17. The van der Waals surface area contributed by atoms with Crippen molar-refractivity contribution in [1.82, 2.24) is 52.8 Å². The number of thioether (sulfide) groups is 1. The summed E-state index contributed by atoms with van der Waals surface area (Å²) in [4.78, 5) is 165. The fourth-order valence-corrected chi connectivity index (χ4v) is 9.51. The van der Waals surface area contributed by atoms with E-state index in [1.807, 2.05) is 0 Å². The third-order valence-electron chi connectivity index (χ3n) is 14.3. The number of phenolic OH excluding ortho intramolecular Hbond substituents is 1. The molecule has 11 atom stereocenters. The number of carbonyl (C=O) groups is 12. The Bertz CT molecular complexity index is 2870. The van der Waals surface area contributed by atoms with Crippen LogP contribution in [0.5, 0.6) is 5.75 Å². The highest BCUT2D eigenvalue weighted by Crippen LogP contribution is 2.21. The summed E-state index contributed by atoms with van der Waals surface area (Å²) < 4.78 is 0. The van der Waals surface area contributed by atoms with Gasteiger partial charge in [-0.1, -0.05) is 64.4 Å². The topological polar surface area (TPSA) is 488 Å². The second-order valence-corrected chi connectivity index (χ2v) is 22.9. The number of carboxylic acids is 2. The molecule has 1 heterocycles. The van der Waals surface area contributed by atoms with Gasteiger partial charge < -0.3 is 90.5 Å². The van der Waals surface area contributed by atoms with Crippen LogP contribution in [0.3, 0.4) is 0 Å². The number of aromatic amines is 1. The lowest BCUT2D eigenvalue weighted by molar-refractivity contribution is -0.142. The van der Waals surface area contributed by atoms with E-state index < -0.39 is 163 Å². The molecule has 0 aliphatic heterocycles. The molecule has 0 aliphatic rings. The van der Waals surface area contributed by atoms with Gasteiger partial charge in [-0.2, -0.15) is 11.8 Å². The number of fused-ring (bicyclic) bond motifs is 1. The Morgan fingerprint density at radius 1 is 0.625 bits per heavy atom. The monoisotopic (exact) mass is 1250 g/mol. The van der Waals surface area contributed by atoms with E-state index in [-0.39, 0.29) is 63.2 Å². The highest BCUT2D eigenvalue weighted by molar-refractivity contribution is 7.98. The van der Waals surface area contributed by atoms with Crippen LogP contribution in [-0.2, 0) is 70.4 Å². The van der Waals surface area contributed by atoms with E-state index in [1.165, 1.54) is 43.0 Å². The van der Waals surface area contributed by atoms with Crippen molar-refractivity contribution in [3.63, 3.8) is 0 Å². The SMILES string of the molecule is CC[C@H](C)[C@H](NC(=O)[C@H](Cc1c[nH]c2ccccc12)NC(=O)[C@@H](N)[C@@H](C)O)C(=O)N[C@@H](CCC(=O)O)C(=O)N[C@@H](CC(N)=O)C(=O)N[C@@H](CCCCN)C(=O)N[C@@H](CC(C)C)C(=O)N[C@@H](Cc1ccc(O)cc1)C(=O)NCC(=O)N[C@@H](CCSC)C(=O)O. The highest BCUT2D eigenvalue weighted by atomic mass is 32.2. The number of unbranched alkanes of at least 4 members (excludes halogenated alkanes) is 1. The molecule has 88 heavy (non-hydrogen) atoms. The molecule has 0 radical (unpaired) electrons. The van der Waals surface area contributed by atoms with E-state index in [4.69, 9.17) is 17.2 Å². The number of aliphatic hydroxyl groups excluding tert-OH is 1. The summed E-state index contributed by atoms with van der Waals surface area (Å²) in [6, 6.07) is -0.625. The van der Waals surface area contributed by atoms with Gasteiger partial charge in [0.25, 0.3) is 0 Å². The molecule has 2 aromatic carbocycles. The number of carboxylic acid groups (broad SMARTS) is 2. The van der Waals surface area contributed by atoms with Crippen molar-refractivity contribution in [1.29, 1.82) is 0 Å². The van der Waals surface area contributed by atoms with Crippen LogP contribution in [0.1, 0.15) is 104 Å². The smallest absolute Gasteiger partial charge is 0.326 e. The van der Waals surface area contributed by atoms with Gasteiger partial charge in [-0.05, 0) is 105 Å². The van der Waals surface area contributed by atoms with Crippen LogP contribution >= 0.6 is 11.8 Å². The normalized spacial score (nSPS) is 15.0. The van der Waals surface area contributed by atoms with E-state index in [0.29, 0.717) is 23.3 Å². The first kappa shape index (κ1) is 73.9. The van der Waals surface area contributed by atoms with Crippen LogP contribution in [0.15, 0.2) is 54.7 Å². The molecule has 3 aromatic rings. The van der Waals surface area contributed by atoms with E-state index in [1.54, 1.807) is 64.4 Å². The van der Waals surface area contributed by atoms with Crippen LogP contribution in [0.25, 0.3) is 10.9 Å². The van der Waals surface area contributed by atoms with E-state index in [0.717, 1.165) is 10.9 Å². The number of carbonyl (C=O) groups excluding carboxylic acids is 10. The van der Waals surface area contributed by atoms with E-state index >= 15 is 0 Å². The minimum atomic E-state index is -1.87. The van der Waals surface area contributed by atoms with Crippen molar-refractivity contribution in [2.75, 3.05) is 25.1 Å². The molecule has 10 amide bonds. The van der Waals surface area contributed by atoms with E-state index in [9.17, 15) is 78.0 Å². The maximum Gasteiger partial charge on any atom is 0.326 e. The van der Waals surface area contributed by atoms with Gasteiger partial charge >= 0.3 is 11.9 Å². The third kappa shape index (κ3) is 25.2. The number of hydrogen-bond acceptors (Lipinski definition) is 17.